The zero-order valence-corrected chi connectivity index (χ0v) is 11.2. The molecule has 0 bridgehead atoms. The van der Waals surface area contributed by atoms with Crippen LogP contribution >= 0.6 is 0 Å². The van der Waals surface area contributed by atoms with Crippen LogP contribution < -0.4 is 5.32 Å². The molecule has 0 aliphatic carbocycles. The van der Waals surface area contributed by atoms with E-state index in [-0.39, 0.29) is 11.9 Å². The SMILES string of the molecule is CCCNC(Cc1nnn(C)n1)c1ccc(F)cc1. The van der Waals surface area contributed by atoms with Gasteiger partial charge < -0.3 is 5.32 Å². The predicted octanol–water partition coefficient (Wildman–Crippen LogP) is 1.63. The summed E-state index contributed by atoms with van der Waals surface area (Å²) in [5.41, 5.74) is 1.03. The third kappa shape index (κ3) is 3.82. The number of nitrogens with zero attached hydrogens (tertiary/aromatic N) is 4. The summed E-state index contributed by atoms with van der Waals surface area (Å²) in [5.74, 6) is 0.455. The summed E-state index contributed by atoms with van der Waals surface area (Å²) in [7, 11) is 1.74. The van der Waals surface area contributed by atoms with Crippen molar-refractivity contribution in [2.75, 3.05) is 6.54 Å². The summed E-state index contributed by atoms with van der Waals surface area (Å²) in [6.07, 6.45) is 1.67. The highest BCUT2D eigenvalue weighted by Crippen LogP contribution is 2.17. The summed E-state index contributed by atoms with van der Waals surface area (Å²) in [5, 5.41) is 15.4. The van der Waals surface area contributed by atoms with Gasteiger partial charge in [-0.3, -0.25) is 0 Å². The van der Waals surface area contributed by atoms with E-state index in [1.54, 1.807) is 19.2 Å². The lowest BCUT2D eigenvalue weighted by atomic mass is 10.0. The van der Waals surface area contributed by atoms with Crippen molar-refractivity contribution in [3.05, 3.63) is 41.5 Å². The fourth-order valence-electron chi connectivity index (χ4n) is 1.91. The topological polar surface area (TPSA) is 55.6 Å². The number of tetrazole rings is 1. The zero-order chi connectivity index (χ0) is 13.7. The minimum absolute atomic E-state index is 0.0738. The number of halogens is 1. The molecule has 19 heavy (non-hydrogen) atoms. The smallest absolute Gasteiger partial charge is 0.176 e. The first-order valence-corrected chi connectivity index (χ1v) is 6.40. The van der Waals surface area contributed by atoms with Crippen molar-refractivity contribution in [3.63, 3.8) is 0 Å². The molecule has 0 saturated carbocycles. The Kier molecular flexibility index (Phi) is 4.57. The molecule has 2 aromatic rings. The van der Waals surface area contributed by atoms with E-state index in [4.69, 9.17) is 0 Å². The van der Waals surface area contributed by atoms with Crippen LogP contribution in [0.2, 0.25) is 0 Å². The number of rotatable bonds is 6. The van der Waals surface area contributed by atoms with Crippen LogP contribution in [0.4, 0.5) is 4.39 Å². The summed E-state index contributed by atoms with van der Waals surface area (Å²) in [4.78, 5) is 1.44. The molecule has 1 unspecified atom stereocenters. The number of aryl methyl sites for hydroxylation is 1. The van der Waals surface area contributed by atoms with E-state index >= 15 is 0 Å². The Morgan fingerprint density at radius 1 is 1.32 bits per heavy atom. The first-order valence-electron chi connectivity index (χ1n) is 6.40. The normalized spacial score (nSPS) is 12.6. The fraction of sp³-hybridized carbons (Fsp3) is 0.462. The number of hydrogen-bond donors (Lipinski definition) is 1. The van der Waals surface area contributed by atoms with Gasteiger partial charge in [0.05, 0.1) is 7.05 Å². The maximum atomic E-state index is 13.0. The number of benzene rings is 1. The van der Waals surface area contributed by atoms with Crippen LogP contribution in [0, 0.1) is 5.82 Å². The molecule has 0 radical (unpaired) electrons. The van der Waals surface area contributed by atoms with Crippen LogP contribution in [0.25, 0.3) is 0 Å². The van der Waals surface area contributed by atoms with Crippen LogP contribution in [0.5, 0.6) is 0 Å². The lowest BCUT2D eigenvalue weighted by molar-refractivity contribution is 0.515. The molecule has 0 spiro atoms. The third-order valence-corrected chi connectivity index (χ3v) is 2.85. The largest absolute Gasteiger partial charge is 0.310 e. The average Bonchev–Trinajstić information content (AvgIpc) is 2.81. The van der Waals surface area contributed by atoms with Crippen LogP contribution in [0.3, 0.4) is 0 Å². The lowest BCUT2D eigenvalue weighted by Crippen LogP contribution is -2.24. The van der Waals surface area contributed by atoms with Crippen molar-refractivity contribution in [1.82, 2.24) is 25.5 Å². The molecule has 1 atom stereocenters. The molecular formula is C13H18FN5. The van der Waals surface area contributed by atoms with E-state index in [9.17, 15) is 4.39 Å². The Balaban J connectivity index is 2.13. The molecule has 0 amide bonds. The number of hydrogen-bond acceptors (Lipinski definition) is 4. The predicted molar refractivity (Wildman–Crippen MR) is 69.9 cm³/mol. The van der Waals surface area contributed by atoms with Gasteiger partial charge in [-0.2, -0.15) is 4.80 Å². The molecule has 2 rings (SSSR count). The van der Waals surface area contributed by atoms with Crippen LogP contribution in [0.15, 0.2) is 24.3 Å². The molecule has 1 aromatic carbocycles. The molecule has 0 aliphatic rings. The van der Waals surface area contributed by atoms with Gasteiger partial charge in [0.15, 0.2) is 5.82 Å². The quantitative estimate of drug-likeness (QED) is 0.860. The molecule has 0 aliphatic heterocycles. The minimum Gasteiger partial charge on any atom is -0.310 e. The van der Waals surface area contributed by atoms with Gasteiger partial charge in [-0.05, 0) is 35.9 Å². The first kappa shape index (κ1) is 13.6. The molecule has 6 heteroatoms. The lowest BCUT2D eigenvalue weighted by Gasteiger charge is -2.17. The van der Waals surface area contributed by atoms with E-state index in [1.807, 2.05) is 0 Å². The Morgan fingerprint density at radius 2 is 2.05 bits per heavy atom. The third-order valence-electron chi connectivity index (χ3n) is 2.85. The summed E-state index contributed by atoms with van der Waals surface area (Å²) in [6, 6.07) is 6.60. The van der Waals surface area contributed by atoms with E-state index in [0.29, 0.717) is 12.2 Å². The zero-order valence-electron chi connectivity index (χ0n) is 11.2. The highest BCUT2D eigenvalue weighted by atomic mass is 19.1. The van der Waals surface area contributed by atoms with Crippen molar-refractivity contribution in [2.24, 2.45) is 7.05 Å². The summed E-state index contributed by atoms with van der Waals surface area (Å²) in [6.45, 7) is 3.00. The van der Waals surface area contributed by atoms with Gasteiger partial charge in [-0.25, -0.2) is 4.39 Å². The van der Waals surface area contributed by atoms with Crippen LogP contribution in [-0.2, 0) is 13.5 Å². The second kappa shape index (κ2) is 6.38. The maximum Gasteiger partial charge on any atom is 0.176 e. The molecule has 5 nitrogen and oxygen atoms in total. The molecule has 1 aromatic heterocycles. The molecule has 0 fully saturated rings. The van der Waals surface area contributed by atoms with Gasteiger partial charge in [0.25, 0.3) is 0 Å². The van der Waals surface area contributed by atoms with Crippen molar-refractivity contribution < 1.29 is 4.39 Å². The van der Waals surface area contributed by atoms with Crippen LogP contribution in [0.1, 0.15) is 30.8 Å². The van der Waals surface area contributed by atoms with Gasteiger partial charge in [-0.15, -0.1) is 10.2 Å². The van der Waals surface area contributed by atoms with E-state index in [1.165, 1.54) is 16.9 Å². The van der Waals surface area contributed by atoms with E-state index < -0.39 is 0 Å². The molecular weight excluding hydrogens is 245 g/mol. The Bertz CT molecular complexity index is 508. The van der Waals surface area contributed by atoms with Crippen LogP contribution in [-0.4, -0.2) is 26.8 Å². The molecule has 102 valence electrons. The molecule has 1 heterocycles. The van der Waals surface area contributed by atoms with Gasteiger partial charge >= 0.3 is 0 Å². The number of aromatic nitrogens is 4. The minimum atomic E-state index is -0.226. The fourth-order valence-corrected chi connectivity index (χ4v) is 1.91. The van der Waals surface area contributed by atoms with E-state index in [0.717, 1.165) is 18.5 Å². The second-order valence-corrected chi connectivity index (χ2v) is 4.46. The first-order chi connectivity index (χ1) is 9.19. The Hall–Kier alpha value is -1.82. The van der Waals surface area contributed by atoms with Gasteiger partial charge in [0.2, 0.25) is 0 Å². The van der Waals surface area contributed by atoms with Crippen molar-refractivity contribution >= 4 is 0 Å². The Morgan fingerprint density at radius 3 is 2.63 bits per heavy atom. The van der Waals surface area contributed by atoms with Crippen molar-refractivity contribution in [1.29, 1.82) is 0 Å². The highest BCUT2D eigenvalue weighted by Gasteiger charge is 2.14. The van der Waals surface area contributed by atoms with Gasteiger partial charge in [0.1, 0.15) is 5.82 Å². The standard InChI is InChI=1S/C13H18FN5/c1-3-8-15-12(9-13-16-18-19(2)17-13)10-4-6-11(14)7-5-10/h4-7,12,15H,3,8-9H2,1-2H3. The van der Waals surface area contributed by atoms with Crippen molar-refractivity contribution in [3.8, 4) is 0 Å². The average molecular weight is 263 g/mol. The molecule has 0 saturated heterocycles. The summed E-state index contributed by atoms with van der Waals surface area (Å²) >= 11 is 0. The monoisotopic (exact) mass is 263 g/mol. The Labute approximate surface area is 111 Å². The van der Waals surface area contributed by atoms with Gasteiger partial charge in [-0.1, -0.05) is 19.1 Å². The second-order valence-electron chi connectivity index (χ2n) is 4.46. The molecule has 1 N–H and O–H groups in total. The van der Waals surface area contributed by atoms with Gasteiger partial charge in [0, 0.05) is 12.5 Å². The maximum absolute atomic E-state index is 13.0. The highest BCUT2D eigenvalue weighted by molar-refractivity contribution is 5.20. The summed E-state index contributed by atoms with van der Waals surface area (Å²) < 4.78 is 13.0. The van der Waals surface area contributed by atoms with Crippen molar-refractivity contribution in [2.45, 2.75) is 25.8 Å². The van der Waals surface area contributed by atoms with E-state index in [2.05, 4.69) is 27.7 Å². The number of nitrogens with one attached hydrogen (secondary N) is 1.